The second-order valence-corrected chi connectivity index (χ2v) is 8.21. The second kappa shape index (κ2) is 12.4. The molecule has 154 valence electrons. The fourth-order valence-electron chi connectivity index (χ4n) is 3.43. The van der Waals surface area contributed by atoms with Crippen LogP contribution in [0.15, 0.2) is 24.3 Å². The van der Waals surface area contributed by atoms with Gasteiger partial charge in [-0.25, -0.2) is 0 Å². The Morgan fingerprint density at radius 1 is 1.33 bits per heavy atom. The molecule has 0 radical (unpaired) electrons. The van der Waals surface area contributed by atoms with E-state index in [1.54, 1.807) is 7.11 Å². The van der Waals surface area contributed by atoms with Crippen LogP contribution >= 0.6 is 12.0 Å². The minimum absolute atomic E-state index is 0.318. The highest BCUT2D eigenvalue weighted by Gasteiger charge is 2.36. The molecule has 0 saturated heterocycles. The standard InChI is InChI=1S/C16H25NO2S.C5H10O2/c1-17-15-10-12-6-4-5-7-14(12)16(15)13(8-9-18-2)11-19-20-3;1-5(2,3)7-4-6/h4-7,13,15-17H,8-11H2,1-3H3;4H,1-3H3/t13-,15?,16?;/m1./s1. The van der Waals surface area contributed by atoms with E-state index >= 15 is 0 Å². The fraction of sp³-hybridized carbons (Fsp3) is 0.667. The van der Waals surface area contributed by atoms with Gasteiger partial charge in [-0.05, 0) is 69.7 Å². The highest BCUT2D eigenvalue weighted by molar-refractivity contribution is 7.93. The van der Waals surface area contributed by atoms with Gasteiger partial charge in [0.05, 0.1) is 6.61 Å². The number of likely N-dealkylation sites (N-methyl/N-ethyl adjacent to an activating group) is 1. The number of ether oxygens (including phenoxy) is 2. The van der Waals surface area contributed by atoms with Gasteiger partial charge in [-0.2, -0.15) is 0 Å². The molecule has 5 nitrogen and oxygen atoms in total. The Morgan fingerprint density at radius 3 is 2.56 bits per heavy atom. The van der Waals surface area contributed by atoms with Crippen LogP contribution in [0.4, 0.5) is 0 Å². The van der Waals surface area contributed by atoms with Crippen LogP contribution in [-0.4, -0.2) is 51.7 Å². The predicted octanol–water partition coefficient (Wildman–Crippen LogP) is 3.82. The Balaban J connectivity index is 0.000000445. The molecule has 1 aromatic rings. The Bertz CT molecular complexity index is 539. The summed E-state index contributed by atoms with van der Waals surface area (Å²) in [5.41, 5.74) is 2.64. The fourth-order valence-corrected chi connectivity index (χ4v) is 3.74. The first-order chi connectivity index (χ1) is 12.9. The molecule has 0 bridgehead atoms. The summed E-state index contributed by atoms with van der Waals surface area (Å²) < 4.78 is 15.5. The number of fused-ring (bicyclic) bond motifs is 1. The maximum Gasteiger partial charge on any atom is 0.293 e. The summed E-state index contributed by atoms with van der Waals surface area (Å²) in [4.78, 5) is 9.60. The third kappa shape index (κ3) is 8.21. The number of methoxy groups -OCH3 is 1. The summed E-state index contributed by atoms with van der Waals surface area (Å²) in [6, 6.07) is 9.31. The average Bonchev–Trinajstić information content (AvgIpc) is 3.00. The number of nitrogens with one attached hydrogen (secondary N) is 1. The minimum atomic E-state index is -0.318. The lowest BCUT2D eigenvalue weighted by Crippen LogP contribution is -2.35. The topological polar surface area (TPSA) is 56.8 Å². The van der Waals surface area contributed by atoms with Crippen LogP contribution in [0.2, 0.25) is 0 Å². The maximum atomic E-state index is 9.60. The first-order valence-corrected chi connectivity index (χ1v) is 10.5. The SMILES string of the molecule is CC(C)(C)OC=O.CNC1Cc2ccccc2C1[C@H](CCOC)COSC. The molecule has 3 atom stereocenters. The molecule has 0 aromatic heterocycles. The Kier molecular flexibility index (Phi) is 11.0. The van der Waals surface area contributed by atoms with Crippen LogP contribution in [0.1, 0.15) is 44.2 Å². The molecule has 0 saturated carbocycles. The molecule has 27 heavy (non-hydrogen) atoms. The molecule has 6 heteroatoms. The summed E-state index contributed by atoms with van der Waals surface area (Å²) in [5.74, 6) is 1.00. The van der Waals surface area contributed by atoms with Crippen LogP contribution in [-0.2, 0) is 24.9 Å². The highest BCUT2D eigenvalue weighted by Crippen LogP contribution is 2.40. The van der Waals surface area contributed by atoms with Gasteiger partial charge < -0.3 is 19.0 Å². The second-order valence-electron chi connectivity index (χ2n) is 7.64. The number of hydrogen-bond donors (Lipinski definition) is 1. The van der Waals surface area contributed by atoms with Crippen molar-refractivity contribution in [2.45, 2.75) is 51.2 Å². The normalized spacial score (nSPS) is 19.6. The van der Waals surface area contributed by atoms with Gasteiger partial charge >= 0.3 is 0 Å². The lowest BCUT2D eigenvalue weighted by molar-refractivity contribution is -0.138. The lowest BCUT2D eigenvalue weighted by atomic mass is 9.83. The van der Waals surface area contributed by atoms with Gasteiger partial charge in [-0.1, -0.05) is 24.3 Å². The molecular weight excluding hydrogens is 362 g/mol. The maximum absolute atomic E-state index is 9.60. The molecule has 0 spiro atoms. The largest absolute Gasteiger partial charge is 0.462 e. The third-order valence-electron chi connectivity index (χ3n) is 4.66. The van der Waals surface area contributed by atoms with Gasteiger partial charge in [0.2, 0.25) is 0 Å². The minimum Gasteiger partial charge on any atom is -0.462 e. The zero-order chi connectivity index (χ0) is 20.3. The van der Waals surface area contributed by atoms with Crippen molar-refractivity contribution in [3.05, 3.63) is 35.4 Å². The zero-order valence-corrected chi connectivity index (χ0v) is 18.3. The van der Waals surface area contributed by atoms with E-state index in [-0.39, 0.29) is 5.60 Å². The van der Waals surface area contributed by atoms with E-state index in [0.29, 0.717) is 24.3 Å². The number of carbonyl (C=O) groups excluding carboxylic acids is 1. The molecular formula is C21H35NO4S. The number of benzene rings is 1. The van der Waals surface area contributed by atoms with Gasteiger partial charge in [0.15, 0.2) is 0 Å². The molecule has 0 fully saturated rings. The number of hydrogen-bond acceptors (Lipinski definition) is 6. The van der Waals surface area contributed by atoms with E-state index in [4.69, 9.17) is 8.92 Å². The summed E-state index contributed by atoms with van der Waals surface area (Å²) in [7, 11) is 3.83. The van der Waals surface area contributed by atoms with E-state index < -0.39 is 0 Å². The Morgan fingerprint density at radius 2 is 2.04 bits per heavy atom. The first-order valence-electron chi connectivity index (χ1n) is 9.39. The van der Waals surface area contributed by atoms with E-state index in [0.717, 1.165) is 26.1 Å². The molecule has 2 rings (SSSR count). The Labute approximate surface area is 168 Å². The summed E-state index contributed by atoms with van der Waals surface area (Å²) in [5, 5.41) is 3.49. The van der Waals surface area contributed by atoms with Crippen molar-refractivity contribution in [3.63, 3.8) is 0 Å². The van der Waals surface area contributed by atoms with Crippen molar-refractivity contribution in [3.8, 4) is 0 Å². The monoisotopic (exact) mass is 397 g/mol. The lowest BCUT2D eigenvalue weighted by Gasteiger charge is -2.29. The molecule has 1 aliphatic rings. The van der Waals surface area contributed by atoms with Crippen LogP contribution < -0.4 is 5.32 Å². The molecule has 1 N–H and O–H groups in total. The van der Waals surface area contributed by atoms with Gasteiger partial charge in [0, 0.05) is 31.9 Å². The van der Waals surface area contributed by atoms with Crippen molar-refractivity contribution in [2.75, 3.05) is 33.6 Å². The molecule has 0 aliphatic heterocycles. The summed E-state index contributed by atoms with van der Waals surface area (Å²) >= 11 is 1.45. The van der Waals surface area contributed by atoms with E-state index in [1.807, 2.05) is 27.0 Å². The zero-order valence-electron chi connectivity index (χ0n) is 17.5. The van der Waals surface area contributed by atoms with Crippen molar-refractivity contribution < 1.29 is 18.5 Å². The van der Waals surface area contributed by atoms with Crippen molar-refractivity contribution >= 4 is 18.5 Å². The molecule has 0 heterocycles. The van der Waals surface area contributed by atoms with Crippen molar-refractivity contribution in [2.24, 2.45) is 5.92 Å². The molecule has 1 aliphatic carbocycles. The number of carbonyl (C=O) groups is 1. The molecule has 0 amide bonds. The van der Waals surface area contributed by atoms with E-state index in [2.05, 4.69) is 41.4 Å². The van der Waals surface area contributed by atoms with Crippen molar-refractivity contribution in [1.82, 2.24) is 5.32 Å². The van der Waals surface area contributed by atoms with Crippen molar-refractivity contribution in [1.29, 1.82) is 0 Å². The van der Waals surface area contributed by atoms with Crippen LogP contribution in [0.25, 0.3) is 0 Å². The summed E-state index contributed by atoms with van der Waals surface area (Å²) in [6.45, 7) is 7.49. The van der Waals surface area contributed by atoms with Crippen LogP contribution in [0, 0.1) is 5.92 Å². The van der Waals surface area contributed by atoms with E-state index in [9.17, 15) is 4.79 Å². The van der Waals surface area contributed by atoms with Gasteiger partial charge in [-0.3, -0.25) is 4.79 Å². The molecule has 2 unspecified atom stereocenters. The van der Waals surface area contributed by atoms with Gasteiger partial charge in [-0.15, -0.1) is 0 Å². The van der Waals surface area contributed by atoms with Gasteiger partial charge in [0.25, 0.3) is 6.47 Å². The smallest absolute Gasteiger partial charge is 0.293 e. The van der Waals surface area contributed by atoms with Crippen LogP contribution in [0.5, 0.6) is 0 Å². The van der Waals surface area contributed by atoms with E-state index in [1.165, 1.54) is 23.2 Å². The first kappa shape index (κ1) is 24.0. The summed E-state index contributed by atoms with van der Waals surface area (Å²) in [6.07, 6.45) is 4.12. The highest BCUT2D eigenvalue weighted by atomic mass is 32.2. The third-order valence-corrected chi connectivity index (χ3v) is 5.03. The Hall–Kier alpha value is -1.08. The average molecular weight is 398 g/mol. The quantitative estimate of drug-likeness (QED) is 0.505. The molecule has 1 aromatic carbocycles. The number of rotatable bonds is 9. The predicted molar refractivity (Wildman–Crippen MR) is 112 cm³/mol. The van der Waals surface area contributed by atoms with Crippen LogP contribution in [0.3, 0.4) is 0 Å². The van der Waals surface area contributed by atoms with Gasteiger partial charge in [0.1, 0.15) is 5.60 Å².